The van der Waals surface area contributed by atoms with E-state index in [1.54, 1.807) is 12.4 Å². The fourth-order valence-electron chi connectivity index (χ4n) is 2.25. The predicted molar refractivity (Wildman–Crippen MR) is 64.0 cm³/mol. The van der Waals surface area contributed by atoms with Crippen molar-refractivity contribution in [3.63, 3.8) is 0 Å². The van der Waals surface area contributed by atoms with Gasteiger partial charge >= 0.3 is 0 Å². The first kappa shape index (κ1) is 12.3. The molecule has 0 aliphatic carbocycles. The Bertz CT molecular complexity index is 383. The minimum absolute atomic E-state index is 0.0736. The Morgan fingerprint density at radius 2 is 2.41 bits per heavy atom. The highest BCUT2D eigenvalue weighted by Gasteiger charge is 2.35. The normalized spacial score (nSPS) is 29.0. The van der Waals surface area contributed by atoms with Crippen molar-refractivity contribution < 1.29 is 14.6 Å². The Balaban J connectivity index is 2.22. The summed E-state index contributed by atoms with van der Waals surface area (Å²) < 4.78 is 10.9. The lowest BCUT2D eigenvalue weighted by atomic mass is 9.85. The second kappa shape index (κ2) is 5.02. The molecular formula is C13H19NO3. The van der Waals surface area contributed by atoms with Gasteiger partial charge in [-0.1, -0.05) is 0 Å². The van der Waals surface area contributed by atoms with Gasteiger partial charge in [0.25, 0.3) is 0 Å². The number of aliphatic hydroxyl groups is 1. The van der Waals surface area contributed by atoms with Gasteiger partial charge in [-0.05, 0) is 19.9 Å². The van der Waals surface area contributed by atoms with Gasteiger partial charge in [-0.15, -0.1) is 0 Å². The molecular weight excluding hydrogens is 218 g/mol. The number of nitrogens with zero attached hydrogens (tertiary/aromatic N) is 1. The van der Waals surface area contributed by atoms with Gasteiger partial charge in [0.05, 0.1) is 31.1 Å². The topological polar surface area (TPSA) is 51.6 Å². The SMILES string of the molecule is CCOc1cncc(C2(O)CCOC(C)C2)c1. The molecule has 1 aromatic rings. The monoisotopic (exact) mass is 237 g/mol. The van der Waals surface area contributed by atoms with E-state index in [0.717, 1.165) is 5.56 Å². The van der Waals surface area contributed by atoms with Crippen LogP contribution in [0.25, 0.3) is 0 Å². The number of ether oxygens (including phenoxy) is 2. The molecule has 1 N–H and O–H groups in total. The van der Waals surface area contributed by atoms with Gasteiger partial charge in [0, 0.05) is 24.6 Å². The zero-order chi connectivity index (χ0) is 12.3. The minimum Gasteiger partial charge on any atom is -0.492 e. The molecule has 1 aromatic heterocycles. The zero-order valence-electron chi connectivity index (χ0n) is 10.3. The van der Waals surface area contributed by atoms with Crippen molar-refractivity contribution in [3.05, 3.63) is 24.0 Å². The smallest absolute Gasteiger partial charge is 0.137 e. The molecule has 0 radical (unpaired) electrons. The summed E-state index contributed by atoms with van der Waals surface area (Å²) in [6.07, 6.45) is 4.66. The molecule has 4 heteroatoms. The summed E-state index contributed by atoms with van der Waals surface area (Å²) >= 11 is 0. The highest BCUT2D eigenvalue weighted by molar-refractivity contribution is 5.28. The lowest BCUT2D eigenvalue weighted by molar-refractivity contribution is -0.102. The van der Waals surface area contributed by atoms with Crippen molar-refractivity contribution in [2.75, 3.05) is 13.2 Å². The highest BCUT2D eigenvalue weighted by Crippen LogP contribution is 2.35. The van der Waals surface area contributed by atoms with E-state index in [9.17, 15) is 5.11 Å². The van der Waals surface area contributed by atoms with E-state index in [-0.39, 0.29) is 6.10 Å². The van der Waals surface area contributed by atoms with Crippen LogP contribution in [0.1, 0.15) is 32.3 Å². The van der Waals surface area contributed by atoms with Crippen LogP contribution in [0.2, 0.25) is 0 Å². The molecule has 1 fully saturated rings. The third-order valence-corrected chi connectivity index (χ3v) is 3.10. The van der Waals surface area contributed by atoms with Crippen molar-refractivity contribution in [1.82, 2.24) is 4.98 Å². The van der Waals surface area contributed by atoms with Gasteiger partial charge in [-0.3, -0.25) is 4.98 Å². The maximum Gasteiger partial charge on any atom is 0.137 e. The highest BCUT2D eigenvalue weighted by atomic mass is 16.5. The summed E-state index contributed by atoms with van der Waals surface area (Å²) in [6.45, 7) is 5.08. The first-order valence-electron chi connectivity index (χ1n) is 6.06. The molecule has 17 heavy (non-hydrogen) atoms. The number of pyridine rings is 1. The first-order valence-corrected chi connectivity index (χ1v) is 6.06. The average molecular weight is 237 g/mol. The summed E-state index contributed by atoms with van der Waals surface area (Å²) in [5.41, 5.74) is -0.0174. The Labute approximate surface area is 102 Å². The van der Waals surface area contributed by atoms with Crippen LogP contribution in [-0.4, -0.2) is 29.4 Å². The van der Waals surface area contributed by atoms with Crippen molar-refractivity contribution >= 4 is 0 Å². The molecule has 1 aliphatic heterocycles. The molecule has 4 nitrogen and oxygen atoms in total. The molecule has 0 bridgehead atoms. The lowest BCUT2D eigenvalue weighted by Crippen LogP contribution is -2.37. The lowest BCUT2D eigenvalue weighted by Gasteiger charge is -2.35. The Kier molecular flexibility index (Phi) is 3.64. The summed E-state index contributed by atoms with van der Waals surface area (Å²) in [5, 5.41) is 10.6. The Hall–Kier alpha value is -1.13. The van der Waals surface area contributed by atoms with Gasteiger partial charge in [-0.25, -0.2) is 0 Å². The molecule has 2 unspecified atom stereocenters. The third-order valence-electron chi connectivity index (χ3n) is 3.10. The van der Waals surface area contributed by atoms with Crippen LogP contribution in [0.5, 0.6) is 5.75 Å². The standard InChI is InChI=1S/C13H19NO3/c1-3-16-12-6-11(8-14-9-12)13(15)4-5-17-10(2)7-13/h6,8-10,15H,3-5,7H2,1-2H3. The third kappa shape index (κ3) is 2.76. The van der Waals surface area contributed by atoms with Gasteiger partial charge in [0.1, 0.15) is 5.75 Å². The second-order valence-corrected chi connectivity index (χ2v) is 4.51. The van der Waals surface area contributed by atoms with E-state index in [4.69, 9.17) is 9.47 Å². The Morgan fingerprint density at radius 1 is 1.59 bits per heavy atom. The molecule has 2 rings (SSSR count). The summed E-state index contributed by atoms with van der Waals surface area (Å²) in [6, 6.07) is 1.87. The van der Waals surface area contributed by atoms with Crippen molar-refractivity contribution in [2.45, 2.75) is 38.4 Å². The zero-order valence-corrected chi connectivity index (χ0v) is 10.3. The number of rotatable bonds is 3. The maximum absolute atomic E-state index is 10.6. The Morgan fingerprint density at radius 3 is 3.12 bits per heavy atom. The number of hydrogen-bond acceptors (Lipinski definition) is 4. The molecule has 0 aromatic carbocycles. The van der Waals surface area contributed by atoms with Crippen LogP contribution in [0.3, 0.4) is 0 Å². The molecule has 94 valence electrons. The van der Waals surface area contributed by atoms with Gasteiger partial charge in [0.15, 0.2) is 0 Å². The minimum atomic E-state index is -0.836. The van der Waals surface area contributed by atoms with Crippen LogP contribution in [0.15, 0.2) is 18.5 Å². The quantitative estimate of drug-likeness (QED) is 0.872. The molecule has 0 spiro atoms. The fraction of sp³-hybridized carbons (Fsp3) is 0.615. The van der Waals surface area contributed by atoms with Gasteiger partial charge in [0.2, 0.25) is 0 Å². The van der Waals surface area contributed by atoms with E-state index in [1.807, 2.05) is 19.9 Å². The second-order valence-electron chi connectivity index (χ2n) is 4.51. The van der Waals surface area contributed by atoms with Crippen LogP contribution >= 0.6 is 0 Å². The van der Waals surface area contributed by atoms with E-state index in [0.29, 0.717) is 31.8 Å². The maximum atomic E-state index is 10.6. The van der Waals surface area contributed by atoms with E-state index in [2.05, 4.69) is 4.98 Å². The van der Waals surface area contributed by atoms with Crippen molar-refractivity contribution in [1.29, 1.82) is 0 Å². The summed E-state index contributed by atoms with van der Waals surface area (Å²) in [5.74, 6) is 0.706. The van der Waals surface area contributed by atoms with Crippen LogP contribution in [-0.2, 0) is 10.3 Å². The van der Waals surface area contributed by atoms with Gasteiger partial charge < -0.3 is 14.6 Å². The van der Waals surface area contributed by atoms with Crippen molar-refractivity contribution in [3.8, 4) is 5.75 Å². The largest absolute Gasteiger partial charge is 0.492 e. The molecule has 2 heterocycles. The van der Waals surface area contributed by atoms with Crippen LogP contribution in [0, 0.1) is 0 Å². The van der Waals surface area contributed by atoms with Crippen molar-refractivity contribution in [2.24, 2.45) is 0 Å². The first-order chi connectivity index (χ1) is 8.14. The number of hydrogen-bond donors (Lipinski definition) is 1. The summed E-state index contributed by atoms with van der Waals surface area (Å²) in [4.78, 5) is 4.12. The summed E-state index contributed by atoms with van der Waals surface area (Å²) in [7, 11) is 0. The van der Waals surface area contributed by atoms with Crippen LogP contribution < -0.4 is 4.74 Å². The molecule has 1 saturated heterocycles. The molecule has 0 saturated carbocycles. The van der Waals surface area contributed by atoms with Crippen LogP contribution in [0.4, 0.5) is 0 Å². The average Bonchev–Trinajstić information content (AvgIpc) is 2.29. The van der Waals surface area contributed by atoms with E-state index >= 15 is 0 Å². The number of aromatic nitrogens is 1. The predicted octanol–water partition coefficient (Wildman–Crippen LogP) is 1.87. The molecule has 2 atom stereocenters. The molecule has 0 amide bonds. The van der Waals surface area contributed by atoms with E-state index in [1.165, 1.54) is 0 Å². The van der Waals surface area contributed by atoms with E-state index < -0.39 is 5.60 Å². The fourth-order valence-corrected chi connectivity index (χ4v) is 2.25. The molecule has 1 aliphatic rings. The van der Waals surface area contributed by atoms with Gasteiger partial charge in [-0.2, -0.15) is 0 Å².